The predicted octanol–water partition coefficient (Wildman–Crippen LogP) is 4.74. The highest BCUT2D eigenvalue weighted by atomic mass is 35.5. The lowest BCUT2D eigenvalue weighted by Gasteiger charge is -2.12. The predicted molar refractivity (Wildman–Crippen MR) is 111 cm³/mol. The summed E-state index contributed by atoms with van der Waals surface area (Å²) in [5.41, 5.74) is 1.06. The number of nitrogens with zero attached hydrogens (tertiary/aromatic N) is 1. The topological polar surface area (TPSA) is 88.0 Å². The Morgan fingerprint density at radius 3 is 2.75 bits per heavy atom. The molecule has 2 N–H and O–H groups in total. The van der Waals surface area contributed by atoms with Crippen LogP contribution < -0.4 is 10.1 Å². The summed E-state index contributed by atoms with van der Waals surface area (Å²) >= 11 is 13.1. The van der Waals surface area contributed by atoms with Gasteiger partial charge in [0.2, 0.25) is 0 Å². The largest absolute Gasteiger partial charge is 0.479 e. The quantitative estimate of drug-likeness (QED) is 0.660. The third-order valence-corrected chi connectivity index (χ3v) is 5.09. The van der Waals surface area contributed by atoms with Crippen LogP contribution in [-0.2, 0) is 9.59 Å². The Morgan fingerprint density at radius 1 is 1.29 bits per heavy atom. The number of carboxylic acids is 1. The number of rotatable bonds is 5. The molecular formula is C19H14Cl2N2O4S. The van der Waals surface area contributed by atoms with Gasteiger partial charge in [-0.3, -0.25) is 4.79 Å². The van der Waals surface area contributed by atoms with Gasteiger partial charge in [0.05, 0.1) is 15.6 Å². The number of carbonyl (C=O) groups is 2. The number of benzene rings is 2. The van der Waals surface area contributed by atoms with E-state index in [0.29, 0.717) is 37.1 Å². The lowest BCUT2D eigenvalue weighted by atomic mass is 10.2. The first-order chi connectivity index (χ1) is 13.3. The van der Waals surface area contributed by atoms with E-state index in [1.165, 1.54) is 6.92 Å². The fourth-order valence-electron chi connectivity index (χ4n) is 2.25. The molecule has 0 aliphatic carbocycles. The van der Waals surface area contributed by atoms with Crippen LogP contribution in [0.15, 0.2) is 52.4 Å². The maximum Gasteiger partial charge on any atom is 0.344 e. The number of thioether (sulfide) groups is 1. The van der Waals surface area contributed by atoms with E-state index >= 15 is 0 Å². The van der Waals surface area contributed by atoms with Crippen LogP contribution in [0.5, 0.6) is 5.75 Å². The summed E-state index contributed by atoms with van der Waals surface area (Å²) < 4.78 is 5.46. The first-order valence-electron chi connectivity index (χ1n) is 8.06. The number of halogens is 2. The number of aliphatic imine (C=N–C) groups is 1. The van der Waals surface area contributed by atoms with Crippen LogP contribution in [0, 0.1) is 0 Å². The maximum atomic E-state index is 12.3. The number of nitrogens with one attached hydrogen (secondary N) is 1. The molecule has 1 aliphatic rings. The van der Waals surface area contributed by atoms with Crippen molar-refractivity contribution in [1.82, 2.24) is 5.32 Å². The third kappa shape index (κ3) is 4.86. The SMILES string of the molecule is CC(Oc1ccccc1/C=C1/SC(=Nc2ccc(Cl)cc2Cl)NC1=O)C(=O)O. The van der Waals surface area contributed by atoms with Crippen molar-refractivity contribution in [2.24, 2.45) is 4.99 Å². The Hall–Kier alpha value is -2.48. The fourth-order valence-corrected chi connectivity index (χ4v) is 3.53. The standard InChI is InChI=1S/C19H14Cl2N2O4S/c1-10(18(25)26)27-15-5-3-2-4-11(15)8-16-17(24)23-19(28-16)22-14-7-6-12(20)9-13(14)21/h2-10H,1H3,(H,25,26)(H,22,23,24)/b16-8+. The van der Waals surface area contributed by atoms with Crippen LogP contribution >= 0.6 is 35.0 Å². The molecule has 2 aromatic carbocycles. The average Bonchev–Trinajstić information content (AvgIpc) is 2.98. The molecule has 1 unspecified atom stereocenters. The highest BCUT2D eigenvalue weighted by Gasteiger charge is 2.25. The summed E-state index contributed by atoms with van der Waals surface area (Å²) in [5, 5.41) is 12.9. The minimum absolute atomic E-state index is 0.324. The molecule has 144 valence electrons. The van der Waals surface area contributed by atoms with Crippen molar-refractivity contribution >= 4 is 63.8 Å². The van der Waals surface area contributed by atoms with E-state index in [4.69, 9.17) is 33.0 Å². The highest BCUT2D eigenvalue weighted by molar-refractivity contribution is 8.18. The summed E-state index contributed by atoms with van der Waals surface area (Å²) in [5.74, 6) is -1.04. The normalized spacial score (nSPS) is 17.6. The summed E-state index contributed by atoms with van der Waals surface area (Å²) in [7, 11) is 0. The van der Waals surface area contributed by atoms with Crippen LogP contribution in [-0.4, -0.2) is 28.3 Å². The first-order valence-corrected chi connectivity index (χ1v) is 9.64. The number of carbonyl (C=O) groups excluding carboxylic acids is 1. The second kappa shape index (κ2) is 8.68. The molecule has 1 amide bonds. The Kier molecular flexibility index (Phi) is 6.28. The van der Waals surface area contributed by atoms with Crippen molar-refractivity contribution in [3.05, 3.63) is 63.0 Å². The maximum absolute atomic E-state index is 12.3. The Bertz CT molecular complexity index is 1010. The van der Waals surface area contributed by atoms with Gasteiger partial charge in [-0.2, -0.15) is 0 Å². The molecule has 1 fully saturated rings. The summed E-state index contributed by atoms with van der Waals surface area (Å²) in [6.45, 7) is 1.43. The zero-order valence-corrected chi connectivity index (χ0v) is 16.8. The van der Waals surface area contributed by atoms with Crippen LogP contribution in [0.3, 0.4) is 0 Å². The van der Waals surface area contributed by atoms with E-state index in [9.17, 15) is 9.59 Å². The molecule has 0 saturated carbocycles. The molecule has 1 atom stereocenters. The van der Waals surface area contributed by atoms with Gasteiger partial charge < -0.3 is 15.2 Å². The van der Waals surface area contributed by atoms with Gasteiger partial charge in [-0.25, -0.2) is 9.79 Å². The van der Waals surface area contributed by atoms with Crippen molar-refractivity contribution < 1.29 is 19.4 Å². The molecule has 0 bridgehead atoms. The van der Waals surface area contributed by atoms with Gasteiger partial charge in [0.15, 0.2) is 11.3 Å². The monoisotopic (exact) mass is 436 g/mol. The fraction of sp³-hybridized carbons (Fsp3) is 0.105. The highest BCUT2D eigenvalue weighted by Crippen LogP contribution is 2.33. The molecule has 0 spiro atoms. The molecule has 2 aromatic rings. The van der Waals surface area contributed by atoms with Gasteiger partial charge in [0.25, 0.3) is 5.91 Å². The smallest absolute Gasteiger partial charge is 0.344 e. The molecule has 0 aromatic heterocycles. The minimum atomic E-state index is -1.08. The minimum Gasteiger partial charge on any atom is -0.479 e. The molecule has 9 heteroatoms. The van der Waals surface area contributed by atoms with Gasteiger partial charge in [-0.1, -0.05) is 41.4 Å². The first kappa shape index (κ1) is 20.3. The summed E-state index contributed by atoms with van der Waals surface area (Å²) in [6, 6.07) is 11.7. The lowest BCUT2D eigenvalue weighted by molar-refractivity contribution is -0.144. The van der Waals surface area contributed by atoms with E-state index in [2.05, 4.69) is 10.3 Å². The number of aliphatic carboxylic acids is 1. The molecule has 6 nitrogen and oxygen atoms in total. The Morgan fingerprint density at radius 2 is 2.04 bits per heavy atom. The van der Waals surface area contributed by atoms with E-state index in [0.717, 1.165) is 11.8 Å². The van der Waals surface area contributed by atoms with Crippen LogP contribution in [0.2, 0.25) is 10.0 Å². The van der Waals surface area contributed by atoms with Crippen molar-refractivity contribution in [1.29, 1.82) is 0 Å². The lowest BCUT2D eigenvalue weighted by Crippen LogP contribution is -2.23. The molecule has 0 radical (unpaired) electrons. The third-order valence-electron chi connectivity index (χ3n) is 3.64. The number of carboxylic acid groups (broad SMARTS) is 1. The number of hydrogen-bond acceptors (Lipinski definition) is 5. The van der Waals surface area contributed by atoms with E-state index in [-0.39, 0.29) is 5.91 Å². The zero-order chi connectivity index (χ0) is 20.3. The Balaban J connectivity index is 1.85. The second-order valence-corrected chi connectivity index (χ2v) is 7.59. The van der Waals surface area contributed by atoms with Crippen LogP contribution in [0.1, 0.15) is 12.5 Å². The number of ether oxygens (including phenoxy) is 1. The van der Waals surface area contributed by atoms with E-state index in [1.807, 2.05) is 0 Å². The summed E-state index contributed by atoms with van der Waals surface area (Å²) in [6.07, 6.45) is 0.601. The number of amidine groups is 1. The van der Waals surface area contributed by atoms with Gasteiger partial charge >= 0.3 is 5.97 Å². The van der Waals surface area contributed by atoms with Gasteiger partial charge in [0, 0.05) is 10.6 Å². The zero-order valence-electron chi connectivity index (χ0n) is 14.5. The average molecular weight is 437 g/mol. The molecule has 1 saturated heterocycles. The van der Waals surface area contributed by atoms with Gasteiger partial charge in [-0.15, -0.1) is 0 Å². The summed E-state index contributed by atoms with van der Waals surface area (Å²) in [4.78, 5) is 28.1. The van der Waals surface area contributed by atoms with Crippen LogP contribution in [0.4, 0.5) is 5.69 Å². The van der Waals surface area contributed by atoms with Gasteiger partial charge in [-0.05, 0) is 49.0 Å². The molecule has 1 heterocycles. The molecule has 28 heavy (non-hydrogen) atoms. The van der Waals surface area contributed by atoms with Crippen molar-refractivity contribution in [2.75, 3.05) is 0 Å². The second-order valence-electron chi connectivity index (χ2n) is 5.71. The van der Waals surface area contributed by atoms with E-state index < -0.39 is 12.1 Å². The van der Waals surface area contributed by atoms with Crippen molar-refractivity contribution in [3.63, 3.8) is 0 Å². The molecule has 3 rings (SSSR count). The number of amides is 1. The van der Waals surface area contributed by atoms with Gasteiger partial charge in [0.1, 0.15) is 5.75 Å². The molecular weight excluding hydrogens is 423 g/mol. The Labute approximate surface area is 175 Å². The van der Waals surface area contributed by atoms with Crippen molar-refractivity contribution in [3.8, 4) is 5.75 Å². The van der Waals surface area contributed by atoms with E-state index in [1.54, 1.807) is 48.5 Å². The van der Waals surface area contributed by atoms with Crippen molar-refractivity contribution in [2.45, 2.75) is 13.0 Å². The van der Waals surface area contributed by atoms with Crippen LogP contribution in [0.25, 0.3) is 6.08 Å². The number of para-hydroxylation sites is 1. The molecule has 1 aliphatic heterocycles. The number of hydrogen-bond donors (Lipinski definition) is 2.